The smallest absolute Gasteiger partial charge is 0.277 e. The monoisotopic (exact) mass is 289 g/mol. The lowest BCUT2D eigenvalue weighted by atomic mass is 10.0. The minimum atomic E-state index is -0.367. The Labute approximate surface area is 121 Å². The second-order valence-corrected chi connectivity index (χ2v) is 4.94. The Morgan fingerprint density at radius 3 is 2.71 bits per heavy atom. The van der Waals surface area contributed by atoms with Gasteiger partial charge in [-0.2, -0.15) is 0 Å². The van der Waals surface area contributed by atoms with Gasteiger partial charge in [0.15, 0.2) is 0 Å². The first-order valence-corrected chi connectivity index (χ1v) is 6.85. The molecule has 0 aliphatic carbocycles. The van der Waals surface area contributed by atoms with Crippen LogP contribution in [0.15, 0.2) is 29.3 Å². The van der Waals surface area contributed by atoms with E-state index in [4.69, 9.17) is 10.5 Å². The molecular formula is C15H16FN3O2. The lowest BCUT2D eigenvalue weighted by Gasteiger charge is -2.29. The molecule has 0 atom stereocenters. The molecule has 2 aliphatic heterocycles. The van der Waals surface area contributed by atoms with Gasteiger partial charge in [0.2, 0.25) is 0 Å². The number of morpholine rings is 1. The Morgan fingerprint density at radius 2 is 2.10 bits per heavy atom. The van der Waals surface area contributed by atoms with Crippen molar-refractivity contribution in [2.75, 3.05) is 37.7 Å². The van der Waals surface area contributed by atoms with Crippen LogP contribution in [-0.4, -0.2) is 44.5 Å². The molecule has 2 N–H and O–H groups in total. The van der Waals surface area contributed by atoms with Gasteiger partial charge < -0.3 is 15.4 Å². The van der Waals surface area contributed by atoms with Crippen LogP contribution in [0.1, 0.15) is 5.56 Å². The lowest BCUT2D eigenvalue weighted by molar-refractivity contribution is -0.112. The van der Waals surface area contributed by atoms with Gasteiger partial charge in [-0.1, -0.05) is 6.07 Å². The highest BCUT2D eigenvalue weighted by Crippen LogP contribution is 2.27. The first-order valence-electron chi connectivity index (χ1n) is 6.85. The molecule has 110 valence electrons. The summed E-state index contributed by atoms with van der Waals surface area (Å²) in [6.45, 7) is 2.72. The van der Waals surface area contributed by atoms with Crippen molar-refractivity contribution < 1.29 is 13.9 Å². The zero-order chi connectivity index (χ0) is 14.8. The lowest BCUT2D eigenvalue weighted by Crippen LogP contribution is -2.36. The molecule has 1 fully saturated rings. The summed E-state index contributed by atoms with van der Waals surface area (Å²) in [7, 11) is 0. The number of amides is 1. The van der Waals surface area contributed by atoms with Crippen molar-refractivity contribution in [1.29, 1.82) is 0 Å². The van der Waals surface area contributed by atoms with E-state index >= 15 is 0 Å². The fourth-order valence-electron chi connectivity index (χ4n) is 2.50. The molecule has 6 heteroatoms. The topological polar surface area (TPSA) is 67.9 Å². The number of hydrogen-bond acceptors (Lipinski definition) is 4. The van der Waals surface area contributed by atoms with Crippen LogP contribution in [-0.2, 0) is 9.53 Å². The van der Waals surface area contributed by atoms with Crippen LogP contribution >= 0.6 is 0 Å². The first-order chi connectivity index (χ1) is 10.2. The third kappa shape index (κ3) is 2.72. The van der Waals surface area contributed by atoms with Crippen molar-refractivity contribution in [3.8, 4) is 0 Å². The second kappa shape index (κ2) is 5.75. The number of nitrogens with two attached hydrogens (primary N) is 1. The van der Waals surface area contributed by atoms with Crippen LogP contribution in [0.4, 0.5) is 10.1 Å². The van der Waals surface area contributed by atoms with Crippen LogP contribution in [0, 0.1) is 5.82 Å². The van der Waals surface area contributed by atoms with Crippen molar-refractivity contribution >= 4 is 22.9 Å². The highest BCUT2D eigenvalue weighted by Gasteiger charge is 2.21. The summed E-state index contributed by atoms with van der Waals surface area (Å²) in [6.07, 6.45) is 1.62. The normalized spacial score (nSPS) is 18.8. The minimum Gasteiger partial charge on any atom is -0.378 e. The minimum absolute atomic E-state index is 0.198. The van der Waals surface area contributed by atoms with Gasteiger partial charge in [0.25, 0.3) is 5.91 Å². The van der Waals surface area contributed by atoms with E-state index in [0.717, 1.165) is 0 Å². The SMILES string of the molecule is NCC1=NC(=O)C(c2ccc(N3CCOCC3)c(F)c2)=C1. The van der Waals surface area contributed by atoms with Gasteiger partial charge >= 0.3 is 0 Å². The zero-order valence-corrected chi connectivity index (χ0v) is 11.5. The number of anilines is 1. The van der Waals surface area contributed by atoms with Crippen molar-refractivity contribution in [2.24, 2.45) is 10.7 Å². The van der Waals surface area contributed by atoms with E-state index in [0.29, 0.717) is 48.8 Å². The van der Waals surface area contributed by atoms with Crippen molar-refractivity contribution in [2.45, 2.75) is 0 Å². The molecule has 0 unspecified atom stereocenters. The molecule has 2 aliphatic rings. The molecular weight excluding hydrogens is 273 g/mol. The van der Waals surface area contributed by atoms with Gasteiger partial charge in [-0.3, -0.25) is 4.79 Å². The van der Waals surface area contributed by atoms with Crippen LogP contribution in [0.5, 0.6) is 0 Å². The van der Waals surface area contributed by atoms with Crippen LogP contribution in [0.3, 0.4) is 0 Å². The number of hydrogen-bond donors (Lipinski definition) is 1. The van der Waals surface area contributed by atoms with Gasteiger partial charge in [0, 0.05) is 19.6 Å². The van der Waals surface area contributed by atoms with Gasteiger partial charge in [0.05, 0.1) is 30.2 Å². The molecule has 3 rings (SSSR count). The highest BCUT2D eigenvalue weighted by molar-refractivity contribution is 6.33. The maximum absolute atomic E-state index is 14.3. The summed E-state index contributed by atoms with van der Waals surface area (Å²) in [5.74, 6) is -0.710. The Bertz CT molecular complexity index is 634. The quantitative estimate of drug-likeness (QED) is 0.901. The number of carbonyl (C=O) groups is 1. The number of rotatable bonds is 3. The summed E-state index contributed by atoms with van der Waals surface area (Å²) in [5, 5.41) is 0. The van der Waals surface area contributed by atoms with Gasteiger partial charge in [-0.25, -0.2) is 9.38 Å². The number of benzene rings is 1. The van der Waals surface area contributed by atoms with Gasteiger partial charge in [-0.15, -0.1) is 0 Å². The molecule has 0 aromatic heterocycles. The van der Waals surface area contributed by atoms with Gasteiger partial charge in [-0.05, 0) is 23.8 Å². The molecule has 1 saturated heterocycles. The predicted molar refractivity (Wildman–Crippen MR) is 78.9 cm³/mol. The Morgan fingerprint density at radius 1 is 1.33 bits per heavy atom. The highest BCUT2D eigenvalue weighted by atomic mass is 19.1. The number of halogens is 1. The second-order valence-electron chi connectivity index (χ2n) is 4.94. The Kier molecular flexibility index (Phi) is 3.81. The van der Waals surface area contributed by atoms with Crippen molar-refractivity contribution in [1.82, 2.24) is 0 Å². The van der Waals surface area contributed by atoms with Crippen LogP contribution < -0.4 is 10.6 Å². The zero-order valence-electron chi connectivity index (χ0n) is 11.5. The molecule has 0 saturated carbocycles. The third-order valence-corrected chi connectivity index (χ3v) is 3.61. The van der Waals surface area contributed by atoms with E-state index in [2.05, 4.69) is 4.99 Å². The first kappa shape index (κ1) is 13.9. The van der Waals surface area contributed by atoms with E-state index < -0.39 is 0 Å². The largest absolute Gasteiger partial charge is 0.378 e. The maximum atomic E-state index is 14.3. The Hall–Kier alpha value is -2.05. The molecule has 0 spiro atoms. The van der Waals surface area contributed by atoms with Crippen molar-refractivity contribution in [3.05, 3.63) is 35.7 Å². The molecule has 0 radical (unpaired) electrons. The summed E-state index contributed by atoms with van der Waals surface area (Å²) in [4.78, 5) is 17.5. The maximum Gasteiger partial charge on any atom is 0.277 e. The van der Waals surface area contributed by atoms with E-state index in [-0.39, 0.29) is 18.3 Å². The summed E-state index contributed by atoms with van der Waals surface area (Å²) in [5.41, 5.74) is 7.44. The molecule has 21 heavy (non-hydrogen) atoms. The fraction of sp³-hybridized carbons (Fsp3) is 0.333. The van der Waals surface area contributed by atoms with E-state index in [1.54, 1.807) is 18.2 Å². The molecule has 2 heterocycles. The average Bonchev–Trinajstić information content (AvgIpc) is 2.89. The third-order valence-electron chi connectivity index (χ3n) is 3.61. The molecule has 5 nitrogen and oxygen atoms in total. The fourth-order valence-corrected chi connectivity index (χ4v) is 2.50. The summed E-state index contributed by atoms with van der Waals surface area (Å²) in [6, 6.07) is 4.82. The molecule has 1 aromatic carbocycles. The molecule has 1 amide bonds. The van der Waals surface area contributed by atoms with E-state index in [1.807, 2.05) is 4.90 Å². The molecule has 0 bridgehead atoms. The molecule has 1 aromatic rings. The summed E-state index contributed by atoms with van der Waals surface area (Å²) >= 11 is 0. The number of aliphatic imine (C=N–C) groups is 1. The Balaban J connectivity index is 1.86. The number of nitrogens with zero attached hydrogens (tertiary/aromatic N) is 2. The van der Waals surface area contributed by atoms with E-state index in [1.165, 1.54) is 6.07 Å². The van der Waals surface area contributed by atoms with Gasteiger partial charge in [0.1, 0.15) is 5.82 Å². The number of ether oxygens (including phenoxy) is 1. The van der Waals surface area contributed by atoms with Crippen LogP contribution in [0.25, 0.3) is 5.57 Å². The predicted octanol–water partition coefficient (Wildman–Crippen LogP) is 0.986. The number of carbonyl (C=O) groups excluding carboxylic acids is 1. The van der Waals surface area contributed by atoms with E-state index in [9.17, 15) is 9.18 Å². The standard InChI is InChI=1S/C15H16FN3O2/c16-13-7-10(12-8-11(9-17)18-15(12)20)1-2-14(13)19-3-5-21-6-4-19/h1-2,7-8H,3-6,9,17H2. The van der Waals surface area contributed by atoms with Crippen LogP contribution in [0.2, 0.25) is 0 Å². The summed E-state index contributed by atoms with van der Waals surface area (Å²) < 4.78 is 19.6. The van der Waals surface area contributed by atoms with Crippen molar-refractivity contribution in [3.63, 3.8) is 0 Å². The average molecular weight is 289 g/mol.